The van der Waals surface area contributed by atoms with Crippen molar-refractivity contribution >= 4 is 23.7 Å². The van der Waals surface area contributed by atoms with Crippen molar-refractivity contribution in [1.29, 1.82) is 0 Å². The summed E-state index contributed by atoms with van der Waals surface area (Å²) in [7, 11) is 0. The molecule has 4 nitrogen and oxygen atoms in total. The molecule has 0 fully saturated rings. The number of anilines is 2. The Balaban J connectivity index is 2.27. The fourth-order valence-corrected chi connectivity index (χ4v) is 2.82. The van der Waals surface area contributed by atoms with Gasteiger partial charge in [0.1, 0.15) is 0 Å². The van der Waals surface area contributed by atoms with Gasteiger partial charge in [-0.2, -0.15) is 0 Å². The van der Waals surface area contributed by atoms with E-state index < -0.39 is 0 Å². The molecule has 0 bridgehead atoms. The number of benzene rings is 1. The zero-order chi connectivity index (χ0) is 15.2. The molecule has 1 unspecified atom stereocenters. The monoisotopic (exact) mass is 288 g/mol. The van der Waals surface area contributed by atoms with E-state index in [1.165, 1.54) is 12.8 Å². The Kier molecular flexibility index (Phi) is 5.37. The van der Waals surface area contributed by atoms with Gasteiger partial charge in [0.25, 0.3) is 0 Å². The summed E-state index contributed by atoms with van der Waals surface area (Å²) in [6, 6.07) is 7.67. The minimum atomic E-state index is -0.172. The lowest BCUT2D eigenvalue weighted by Crippen LogP contribution is -2.37. The first-order valence-electron chi connectivity index (χ1n) is 7.81. The third kappa shape index (κ3) is 3.43. The quantitative estimate of drug-likeness (QED) is 0.595. The molecule has 21 heavy (non-hydrogen) atoms. The van der Waals surface area contributed by atoms with Crippen molar-refractivity contribution < 1.29 is 9.59 Å². The van der Waals surface area contributed by atoms with E-state index in [-0.39, 0.29) is 11.8 Å². The molecule has 4 heteroatoms. The van der Waals surface area contributed by atoms with E-state index in [4.69, 9.17) is 0 Å². The lowest BCUT2D eigenvalue weighted by atomic mass is 10.1. The first kappa shape index (κ1) is 15.5. The summed E-state index contributed by atoms with van der Waals surface area (Å²) in [6.45, 7) is 5.25. The summed E-state index contributed by atoms with van der Waals surface area (Å²) in [5.41, 5.74) is 1.69. The van der Waals surface area contributed by atoms with Crippen LogP contribution in [0.3, 0.4) is 0 Å². The number of unbranched alkanes of at least 4 members (excludes halogenated alkanes) is 3. The summed E-state index contributed by atoms with van der Waals surface area (Å²) in [5.74, 6) is -0.0583. The molecule has 1 aliphatic rings. The number of hydrogen-bond donors (Lipinski definition) is 0. The van der Waals surface area contributed by atoms with Gasteiger partial charge in [-0.1, -0.05) is 45.2 Å². The second-order valence-electron chi connectivity index (χ2n) is 5.70. The summed E-state index contributed by atoms with van der Waals surface area (Å²) in [6.07, 6.45) is 5.33. The van der Waals surface area contributed by atoms with Crippen LogP contribution < -0.4 is 9.80 Å². The van der Waals surface area contributed by atoms with E-state index in [2.05, 4.69) is 6.92 Å². The molecule has 1 aromatic carbocycles. The SMILES string of the molecule is CCCCCCN1C(=O)C(C)CN(C=O)c2ccccc21. The first-order valence-corrected chi connectivity index (χ1v) is 7.81. The molecular formula is C17H24N2O2. The van der Waals surface area contributed by atoms with Crippen molar-refractivity contribution in [3.63, 3.8) is 0 Å². The number of rotatable bonds is 6. The standard InChI is InChI=1S/C17H24N2O2/c1-3-4-5-8-11-19-16-10-7-6-9-15(16)18(13-20)12-14(2)17(19)21/h6-7,9-10,13-14H,3-5,8,11-12H2,1-2H3. The second-order valence-corrected chi connectivity index (χ2v) is 5.70. The van der Waals surface area contributed by atoms with Crippen molar-refractivity contribution in [2.24, 2.45) is 5.92 Å². The van der Waals surface area contributed by atoms with Crippen molar-refractivity contribution in [2.75, 3.05) is 22.9 Å². The van der Waals surface area contributed by atoms with Crippen LogP contribution in [0, 0.1) is 5.92 Å². The Labute approximate surface area is 126 Å². The minimum absolute atomic E-state index is 0.114. The second kappa shape index (κ2) is 7.25. The number of fused-ring (bicyclic) bond motifs is 1. The molecular weight excluding hydrogens is 264 g/mol. The van der Waals surface area contributed by atoms with Gasteiger partial charge in [-0.3, -0.25) is 9.59 Å². The van der Waals surface area contributed by atoms with Crippen molar-refractivity contribution in [1.82, 2.24) is 0 Å². The molecule has 0 N–H and O–H groups in total. The number of carbonyl (C=O) groups is 2. The molecule has 1 aliphatic heterocycles. The lowest BCUT2D eigenvalue weighted by molar-refractivity contribution is -0.121. The van der Waals surface area contributed by atoms with E-state index >= 15 is 0 Å². The molecule has 114 valence electrons. The van der Waals surface area contributed by atoms with E-state index in [0.717, 1.165) is 37.2 Å². The van der Waals surface area contributed by atoms with Gasteiger partial charge in [-0.15, -0.1) is 0 Å². The largest absolute Gasteiger partial charge is 0.312 e. The third-order valence-electron chi connectivity index (χ3n) is 4.00. The maximum atomic E-state index is 12.6. The number of carbonyl (C=O) groups excluding carboxylic acids is 2. The third-order valence-corrected chi connectivity index (χ3v) is 4.00. The lowest BCUT2D eigenvalue weighted by Gasteiger charge is -2.24. The fourth-order valence-electron chi connectivity index (χ4n) is 2.82. The Morgan fingerprint density at radius 3 is 2.57 bits per heavy atom. The molecule has 0 aromatic heterocycles. The normalized spacial score (nSPS) is 18.4. The molecule has 2 rings (SSSR count). The van der Waals surface area contributed by atoms with Crippen LogP contribution in [0.1, 0.15) is 39.5 Å². The van der Waals surface area contributed by atoms with Gasteiger partial charge < -0.3 is 9.80 Å². The van der Waals surface area contributed by atoms with Crippen LogP contribution in [-0.4, -0.2) is 25.4 Å². The minimum Gasteiger partial charge on any atom is -0.312 e. The number of amides is 2. The molecule has 1 atom stereocenters. The highest BCUT2D eigenvalue weighted by molar-refractivity contribution is 6.02. The van der Waals surface area contributed by atoms with Gasteiger partial charge in [0.2, 0.25) is 12.3 Å². The Morgan fingerprint density at radius 2 is 1.90 bits per heavy atom. The maximum Gasteiger partial charge on any atom is 0.231 e. The number of nitrogens with zero attached hydrogens (tertiary/aromatic N) is 2. The van der Waals surface area contributed by atoms with Crippen molar-refractivity contribution in [3.05, 3.63) is 24.3 Å². The molecule has 0 spiro atoms. The zero-order valence-electron chi connectivity index (χ0n) is 12.9. The highest BCUT2D eigenvalue weighted by Crippen LogP contribution is 2.33. The van der Waals surface area contributed by atoms with Gasteiger partial charge in [0.05, 0.1) is 17.3 Å². The molecule has 0 radical (unpaired) electrons. The first-order chi connectivity index (χ1) is 10.2. The number of hydrogen-bond acceptors (Lipinski definition) is 2. The van der Waals surface area contributed by atoms with Gasteiger partial charge in [0.15, 0.2) is 0 Å². The van der Waals surface area contributed by atoms with Gasteiger partial charge in [-0.05, 0) is 18.6 Å². The zero-order valence-corrected chi connectivity index (χ0v) is 12.9. The van der Waals surface area contributed by atoms with Crippen LogP contribution in [0.2, 0.25) is 0 Å². The Hall–Kier alpha value is -1.84. The molecule has 1 aromatic rings. The molecule has 0 aliphatic carbocycles. The van der Waals surface area contributed by atoms with E-state index in [0.29, 0.717) is 6.54 Å². The molecule has 1 heterocycles. The molecule has 0 saturated heterocycles. The van der Waals surface area contributed by atoms with Gasteiger partial charge in [0, 0.05) is 13.1 Å². The van der Waals surface area contributed by atoms with Gasteiger partial charge >= 0.3 is 0 Å². The van der Waals surface area contributed by atoms with Crippen LogP contribution in [-0.2, 0) is 9.59 Å². The van der Waals surface area contributed by atoms with Crippen LogP contribution in [0.5, 0.6) is 0 Å². The highest BCUT2D eigenvalue weighted by atomic mass is 16.2. The van der Waals surface area contributed by atoms with Gasteiger partial charge in [-0.25, -0.2) is 0 Å². The van der Waals surface area contributed by atoms with Crippen LogP contribution in [0.25, 0.3) is 0 Å². The summed E-state index contributed by atoms with van der Waals surface area (Å²) in [4.78, 5) is 27.4. The number of para-hydroxylation sites is 2. The maximum absolute atomic E-state index is 12.6. The molecule has 2 amide bonds. The predicted octanol–water partition coefficient (Wildman–Crippen LogP) is 3.21. The smallest absolute Gasteiger partial charge is 0.231 e. The Bertz CT molecular complexity index is 501. The summed E-state index contributed by atoms with van der Waals surface area (Å²) < 4.78 is 0. The van der Waals surface area contributed by atoms with Crippen LogP contribution in [0.4, 0.5) is 11.4 Å². The van der Waals surface area contributed by atoms with E-state index in [1.54, 1.807) is 4.90 Å². The average Bonchev–Trinajstić information content (AvgIpc) is 2.61. The Morgan fingerprint density at radius 1 is 1.19 bits per heavy atom. The molecule has 0 saturated carbocycles. The topological polar surface area (TPSA) is 40.6 Å². The van der Waals surface area contributed by atoms with E-state index in [1.807, 2.05) is 36.1 Å². The highest BCUT2D eigenvalue weighted by Gasteiger charge is 2.30. The van der Waals surface area contributed by atoms with E-state index in [9.17, 15) is 9.59 Å². The average molecular weight is 288 g/mol. The van der Waals surface area contributed by atoms with Crippen molar-refractivity contribution in [3.8, 4) is 0 Å². The van der Waals surface area contributed by atoms with Crippen molar-refractivity contribution in [2.45, 2.75) is 39.5 Å². The predicted molar refractivity (Wildman–Crippen MR) is 85.5 cm³/mol. The fraction of sp³-hybridized carbons (Fsp3) is 0.529. The van der Waals surface area contributed by atoms with Crippen LogP contribution >= 0.6 is 0 Å². The summed E-state index contributed by atoms with van der Waals surface area (Å²) >= 11 is 0. The summed E-state index contributed by atoms with van der Waals surface area (Å²) in [5, 5.41) is 0. The van der Waals surface area contributed by atoms with Crippen LogP contribution in [0.15, 0.2) is 24.3 Å².